The molecule has 2 amide bonds. The topological polar surface area (TPSA) is 109 Å². The first kappa shape index (κ1) is 20.0. The quantitative estimate of drug-likeness (QED) is 0.464. The summed E-state index contributed by atoms with van der Waals surface area (Å²) < 4.78 is 45.8. The number of amides is 2. The zero-order valence-electron chi connectivity index (χ0n) is 16.7. The SMILES string of the molecule is Cc1c(C(=O)NNC(=O)CN2c3cccc4cccc(c34)S2(=O)=O)oc2ccc(F)cc12. The third-order valence-corrected chi connectivity index (χ3v) is 7.19. The molecule has 0 radical (unpaired) electrons. The second-order valence-electron chi connectivity index (χ2n) is 7.34. The molecule has 32 heavy (non-hydrogen) atoms. The maximum absolute atomic E-state index is 13.5. The van der Waals surface area contributed by atoms with Gasteiger partial charge in [-0.1, -0.05) is 24.3 Å². The van der Waals surface area contributed by atoms with Gasteiger partial charge in [0.1, 0.15) is 17.9 Å². The lowest BCUT2D eigenvalue weighted by Crippen LogP contribution is -2.47. The van der Waals surface area contributed by atoms with Gasteiger partial charge in [-0.15, -0.1) is 0 Å². The summed E-state index contributed by atoms with van der Waals surface area (Å²) in [6.07, 6.45) is 0. The van der Waals surface area contributed by atoms with Crippen molar-refractivity contribution in [3.63, 3.8) is 0 Å². The van der Waals surface area contributed by atoms with Gasteiger partial charge in [0.05, 0.1) is 10.6 Å². The lowest BCUT2D eigenvalue weighted by atomic mass is 10.1. The van der Waals surface area contributed by atoms with Crippen molar-refractivity contribution in [3.05, 3.63) is 71.7 Å². The van der Waals surface area contributed by atoms with Crippen molar-refractivity contribution >= 4 is 49.3 Å². The Balaban J connectivity index is 1.33. The van der Waals surface area contributed by atoms with E-state index in [1.807, 2.05) is 0 Å². The van der Waals surface area contributed by atoms with E-state index >= 15 is 0 Å². The fraction of sp³-hybridized carbons (Fsp3) is 0.0909. The number of hydrogen-bond donors (Lipinski definition) is 2. The van der Waals surface area contributed by atoms with Crippen molar-refractivity contribution in [1.29, 1.82) is 0 Å². The van der Waals surface area contributed by atoms with Gasteiger partial charge in [0, 0.05) is 16.3 Å². The molecule has 2 N–H and O–H groups in total. The van der Waals surface area contributed by atoms with E-state index in [9.17, 15) is 22.4 Å². The molecule has 0 bridgehead atoms. The summed E-state index contributed by atoms with van der Waals surface area (Å²) in [5.41, 5.74) is 5.56. The summed E-state index contributed by atoms with van der Waals surface area (Å²) >= 11 is 0. The summed E-state index contributed by atoms with van der Waals surface area (Å²) in [6.45, 7) is 1.07. The first-order valence-electron chi connectivity index (χ1n) is 9.59. The predicted octanol–water partition coefficient (Wildman–Crippen LogP) is 3.00. The molecule has 0 spiro atoms. The molecule has 1 aliphatic rings. The number of furan rings is 1. The largest absolute Gasteiger partial charge is 0.451 e. The molecular formula is C22H16FN3O5S. The number of hydrazine groups is 1. The molecule has 1 aliphatic heterocycles. The smallest absolute Gasteiger partial charge is 0.305 e. The van der Waals surface area contributed by atoms with Crippen LogP contribution in [0.2, 0.25) is 0 Å². The van der Waals surface area contributed by atoms with Gasteiger partial charge in [0.15, 0.2) is 5.76 Å². The summed E-state index contributed by atoms with van der Waals surface area (Å²) in [4.78, 5) is 25.1. The van der Waals surface area contributed by atoms with Crippen molar-refractivity contribution in [2.75, 3.05) is 10.8 Å². The van der Waals surface area contributed by atoms with Crippen LogP contribution in [0.25, 0.3) is 21.7 Å². The number of hydrogen-bond acceptors (Lipinski definition) is 5. The zero-order valence-corrected chi connectivity index (χ0v) is 17.5. The number of carbonyl (C=O) groups is 2. The second-order valence-corrected chi connectivity index (χ2v) is 9.17. The number of rotatable bonds is 3. The fourth-order valence-corrected chi connectivity index (χ4v) is 5.56. The molecule has 0 aliphatic carbocycles. The van der Waals surface area contributed by atoms with Crippen molar-refractivity contribution in [3.8, 4) is 0 Å². The number of nitrogens with zero attached hydrogens (tertiary/aromatic N) is 1. The Morgan fingerprint density at radius 2 is 1.81 bits per heavy atom. The highest BCUT2D eigenvalue weighted by atomic mass is 32.2. The molecule has 2 heterocycles. The highest BCUT2D eigenvalue weighted by Crippen LogP contribution is 2.41. The summed E-state index contributed by atoms with van der Waals surface area (Å²) in [5.74, 6) is -2.05. The number of carbonyl (C=O) groups excluding carboxylic acids is 2. The average molecular weight is 453 g/mol. The summed E-state index contributed by atoms with van der Waals surface area (Å²) in [6, 6.07) is 13.9. The molecular weight excluding hydrogens is 437 g/mol. The van der Waals surface area contributed by atoms with E-state index in [0.717, 1.165) is 9.69 Å². The van der Waals surface area contributed by atoms with E-state index in [4.69, 9.17) is 4.42 Å². The number of fused-ring (bicyclic) bond motifs is 1. The van der Waals surface area contributed by atoms with Gasteiger partial charge in [-0.05, 0) is 42.6 Å². The van der Waals surface area contributed by atoms with Gasteiger partial charge in [0.2, 0.25) is 0 Å². The molecule has 1 aromatic heterocycles. The number of sulfonamides is 1. The Labute approximate surface area is 181 Å². The zero-order chi connectivity index (χ0) is 22.6. The van der Waals surface area contributed by atoms with Crippen LogP contribution in [0.4, 0.5) is 10.1 Å². The van der Waals surface area contributed by atoms with E-state index in [0.29, 0.717) is 27.6 Å². The average Bonchev–Trinajstić information content (AvgIpc) is 3.21. The van der Waals surface area contributed by atoms with Crippen LogP contribution < -0.4 is 15.2 Å². The number of nitrogens with one attached hydrogen (secondary N) is 2. The van der Waals surface area contributed by atoms with E-state index < -0.39 is 34.2 Å². The molecule has 0 saturated carbocycles. The fourth-order valence-electron chi connectivity index (χ4n) is 3.89. The molecule has 0 fully saturated rings. The number of anilines is 1. The molecule has 0 saturated heterocycles. The van der Waals surface area contributed by atoms with E-state index in [2.05, 4.69) is 10.9 Å². The first-order chi connectivity index (χ1) is 15.3. The highest BCUT2D eigenvalue weighted by Gasteiger charge is 2.36. The van der Waals surface area contributed by atoms with E-state index in [1.54, 1.807) is 37.3 Å². The summed E-state index contributed by atoms with van der Waals surface area (Å²) in [5, 5.41) is 1.74. The monoisotopic (exact) mass is 453 g/mol. The van der Waals surface area contributed by atoms with Crippen molar-refractivity contribution in [2.24, 2.45) is 0 Å². The van der Waals surface area contributed by atoms with Gasteiger partial charge in [0.25, 0.3) is 15.9 Å². The Morgan fingerprint density at radius 3 is 2.59 bits per heavy atom. The van der Waals surface area contributed by atoms with E-state index in [-0.39, 0.29) is 10.7 Å². The molecule has 162 valence electrons. The first-order valence-corrected chi connectivity index (χ1v) is 11.0. The van der Waals surface area contributed by atoms with Crippen LogP contribution in [0.5, 0.6) is 0 Å². The van der Waals surface area contributed by atoms with Gasteiger partial charge in [-0.25, -0.2) is 12.8 Å². The second kappa shape index (κ2) is 7.06. The van der Waals surface area contributed by atoms with Crippen molar-refractivity contribution in [2.45, 2.75) is 11.8 Å². The van der Waals surface area contributed by atoms with Crippen LogP contribution in [0, 0.1) is 12.7 Å². The minimum absolute atomic E-state index is 0.0862. The molecule has 0 unspecified atom stereocenters. The molecule has 4 aromatic rings. The molecule has 10 heteroatoms. The van der Waals surface area contributed by atoms with Crippen LogP contribution in [-0.2, 0) is 14.8 Å². The summed E-state index contributed by atoms with van der Waals surface area (Å²) in [7, 11) is -3.91. The molecule has 8 nitrogen and oxygen atoms in total. The predicted molar refractivity (Wildman–Crippen MR) is 115 cm³/mol. The minimum atomic E-state index is -3.91. The van der Waals surface area contributed by atoms with Gasteiger partial charge in [-0.2, -0.15) is 0 Å². The minimum Gasteiger partial charge on any atom is -0.451 e. The third-order valence-electron chi connectivity index (χ3n) is 5.39. The van der Waals surface area contributed by atoms with Crippen LogP contribution >= 0.6 is 0 Å². The lowest BCUT2D eigenvalue weighted by molar-refractivity contribution is -0.120. The number of halogens is 1. The lowest BCUT2D eigenvalue weighted by Gasteiger charge is -2.18. The van der Waals surface area contributed by atoms with Gasteiger partial charge in [-0.3, -0.25) is 24.7 Å². The number of benzene rings is 3. The van der Waals surface area contributed by atoms with Gasteiger partial charge < -0.3 is 4.42 Å². The molecule has 5 rings (SSSR count). The normalized spacial score (nSPS) is 14.1. The Bertz CT molecular complexity index is 1540. The van der Waals surface area contributed by atoms with Crippen LogP contribution in [0.3, 0.4) is 0 Å². The molecule has 3 aromatic carbocycles. The van der Waals surface area contributed by atoms with E-state index in [1.165, 1.54) is 24.3 Å². The van der Waals surface area contributed by atoms with Crippen LogP contribution in [0.15, 0.2) is 63.9 Å². The Hall–Kier alpha value is -3.92. The van der Waals surface area contributed by atoms with Crippen LogP contribution in [0.1, 0.15) is 16.1 Å². The highest BCUT2D eigenvalue weighted by molar-refractivity contribution is 7.93. The maximum Gasteiger partial charge on any atom is 0.305 e. The van der Waals surface area contributed by atoms with Gasteiger partial charge >= 0.3 is 5.91 Å². The Morgan fingerprint density at radius 1 is 1.06 bits per heavy atom. The maximum atomic E-state index is 13.5. The van der Waals surface area contributed by atoms with Crippen molar-refractivity contribution < 1.29 is 26.8 Å². The standard InChI is InChI=1S/C22H16FN3O5S/c1-12-15-10-14(23)8-9-17(15)31-21(12)22(28)25-24-19(27)11-26-16-6-2-4-13-5-3-7-18(20(13)16)32(26,29)30/h2-10H,11H2,1H3,(H,24,27)(H,25,28). The third kappa shape index (κ3) is 2.99. The van der Waals surface area contributed by atoms with Crippen LogP contribution in [-0.4, -0.2) is 26.8 Å². The molecule has 0 atom stereocenters. The number of aryl methyl sites for hydroxylation is 1. The van der Waals surface area contributed by atoms with Crippen molar-refractivity contribution in [1.82, 2.24) is 10.9 Å². The Kier molecular flexibility index (Phi) is 4.41.